The van der Waals surface area contributed by atoms with Crippen molar-refractivity contribution in [2.45, 2.75) is 27.2 Å². The minimum absolute atomic E-state index is 0.909. The van der Waals surface area contributed by atoms with Gasteiger partial charge in [0.15, 0.2) is 0 Å². The van der Waals surface area contributed by atoms with Gasteiger partial charge in [0, 0.05) is 22.2 Å². The van der Waals surface area contributed by atoms with E-state index in [1.807, 2.05) is 44.2 Å². The molecule has 0 saturated carbocycles. The predicted molar refractivity (Wildman–Crippen MR) is 90.0 cm³/mol. The lowest BCUT2D eigenvalue weighted by molar-refractivity contribution is 0.669. The van der Waals surface area contributed by atoms with Gasteiger partial charge in [-0.2, -0.15) is 0 Å². The summed E-state index contributed by atoms with van der Waals surface area (Å²) in [7, 11) is 0. The number of fused-ring (bicyclic) bond motifs is 3. The van der Waals surface area contributed by atoms with Crippen LogP contribution in [-0.4, -0.2) is 5.71 Å². The van der Waals surface area contributed by atoms with Crippen LogP contribution in [0.15, 0.2) is 63.6 Å². The molecular weight excluding hydrogens is 258 g/mol. The summed E-state index contributed by atoms with van der Waals surface area (Å²) >= 11 is 0. The molecule has 3 aromatic rings. The van der Waals surface area contributed by atoms with Crippen molar-refractivity contribution in [3.8, 4) is 0 Å². The number of aliphatic imine (C=N–C) groups is 1. The molecular formula is C19H19NO. The van der Waals surface area contributed by atoms with E-state index in [4.69, 9.17) is 9.41 Å². The molecule has 0 aliphatic heterocycles. The normalized spacial score (nSPS) is 13.3. The summed E-state index contributed by atoms with van der Waals surface area (Å²) in [6, 6.07) is 14.5. The highest BCUT2D eigenvalue weighted by Gasteiger charge is 2.09. The van der Waals surface area contributed by atoms with Gasteiger partial charge in [0.25, 0.3) is 0 Å². The molecule has 2 heteroatoms. The van der Waals surface area contributed by atoms with Gasteiger partial charge in [-0.05, 0) is 50.1 Å². The Morgan fingerprint density at radius 2 is 1.86 bits per heavy atom. The first kappa shape index (κ1) is 13.6. The highest BCUT2D eigenvalue weighted by molar-refractivity contribution is 6.09. The van der Waals surface area contributed by atoms with Crippen LogP contribution in [0.5, 0.6) is 0 Å². The van der Waals surface area contributed by atoms with Crippen LogP contribution in [0.4, 0.5) is 0 Å². The van der Waals surface area contributed by atoms with E-state index in [1.54, 1.807) is 0 Å². The third kappa shape index (κ3) is 2.49. The minimum atomic E-state index is 0.909. The fourth-order valence-electron chi connectivity index (χ4n) is 2.53. The van der Waals surface area contributed by atoms with Crippen molar-refractivity contribution in [1.82, 2.24) is 0 Å². The van der Waals surface area contributed by atoms with Gasteiger partial charge in [-0.25, -0.2) is 0 Å². The molecule has 3 rings (SSSR count). The van der Waals surface area contributed by atoms with Crippen molar-refractivity contribution in [3.05, 3.63) is 59.8 Å². The van der Waals surface area contributed by atoms with Crippen molar-refractivity contribution in [2.75, 3.05) is 0 Å². The van der Waals surface area contributed by atoms with E-state index in [9.17, 15) is 0 Å². The Labute approximate surface area is 124 Å². The molecule has 0 bridgehead atoms. The Balaban J connectivity index is 2.20. The molecule has 0 N–H and O–H groups in total. The third-order valence-corrected chi connectivity index (χ3v) is 3.77. The molecule has 0 amide bonds. The standard InChI is InChI=1S/C19H19NO/c1-4-13(3)20-17(5-2)14-10-11-19-16(12-14)15-8-6-7-9-18(15)21-19/h4,6-12H,5H2,1-3H3/b13-4-,20-17+. The maximum atomic E-state index is 5.87. The van der Waals surface area contributed by atoms with Gasteiger partial charge >= 0.3 is 0 Å². The van der Waals surface area contributed by atoms with E-state index >= 15 is 0 Å². The number of para-hydroxylation sites is 1. The van der Waals surface area contributed by atoms with Crippen molar-refractivity contribution < 1.29 is 4.42 Å². The molecule has 0 saturated heterocycles. The van der Waals surface area contributed by atoms with Crippen LogP contribution < -0.4 is 0 Å². The second kappa shape index (κ2) is 5.57. The smallest absolute Gasteiger partial charge is 0.135 e. The quantitative estimate of drug-likeness (QED) is 0.563. The molecule has 0 aliphatic carbocycles. The van der Waals surface area contributed by atoms with Gasteiger partial charge in [0.05, 0.1) is 0 Å². The summed E-state index contributed by atoms with van der Waals surface area (Å²) in [6.07, 6.45) is 2.94. The van der Waals surface area contributed by atoms with E-state index in [0.29, 0.717) is 0 Å². The Hall–Kier alpha value is -2.35. The zero-order valence-corrected chi connectivity index (χ0v) is 12.7. The number of hydrogen-bond donors (Lipinski definition) is 0. The van der Waals surface area contributed by atoms with E-state index in [-0.39, 0.29) is 0 Å². The summed E-state index contributed by atoms with van der Waals surface area (Å²) in [4.78, 5) is 4.70. The number of benzene rings is 2. The fraction of sp³-hybridized carbons (Fsp3) is 0.211. The summed E-state index contributed by atoms with van der Waals surface area (Å²) in [5.41, 5.74) is 5.18. The van der Waals surface area contributed by atoms with Crippen molar-refractivity contribution in [2.24, 2.45) is 4.99 Å². The van der Waals surface area contributed by atoms with Crippen molar-refractivity contribution in [1.29, 1.82) is 0 Å². The summed E-state index contributed by atoms with van der Waals surface area (Å²) in [5, 5.41) is 2.31. The largest absolute Gasteiger partial charge is 0.456 e. The number of hydrogen-bond acceptors (Lipinski definition) is 2. The molecule has 0 aliphatic rings. The predicted octanol–water partition coefficient (Wildman–Crippen LogP) is 5.71. The van der Waals surface area contributed by atoms with Crippen LogP contribution in [0.2, 0.25) is 0 Å². The van der Waals surface area contributed by atoms with Gasteiger partial charge in [0.1, 0.15) is 11.2 Å². The van der Waals surface area contributed by atoms with Crippen LogP contribution in [0.1, 0.15) is 32.8 Å². The first-order valence-electron chi connectivity index (χ1n) is 7.35. The Kier molecular flexibility index (Phi) is 3.61. The van der Waals surface area contributed by atoms with Gasteiger partial charge in [-0.3, -0.25) is 4.99 Å². The molecule has 21 heavy (non-hydrogen) atoms. The van der Waals surface area contributed by atoms with Crippen LogP contribution in [0.3, 0.4) is 0 Å². The third-order valence-electron chi connectivity index (χ3n) is 3.77. The second-order valence-electron chi connectivity index (χ2n) is 5.15. The molecule has 2 nitrogen and oxygen atoms in total. The number of furan rings is 1. The average molecular weight is 277 g/mol. The van der Waals surface area contributed by atoms with Crippen molar-refractivity contribution in [3.63, 3.8) is 0 Å². The lowest BCUT2D eigenvalue weighted by Crippen LogP contribution is -1.99. The zero-order chi connectivity index (χ0) is 14.8. The highest BCUT2D eigenvalue weighted by atomic mass is 16.3. The van der Waals surface area contributed by atoms with E-state index < -0.39 is 0 Å². The number of rotatable bonds is 3. The maximum Gasteiger partial charge on any atom is 0.135 e. The second-order valence-corrected chi connectivity index (χ2v) is 5.15. The van der Waals surface area contributed by atoms with Gasteiger partial charge in [0.2, 0.25) is 0 Å². The lowest BCUT2D eigenvalue weighted by atomic mass is 10.0. The molecule has 0 spiro atoms. The zero-order valence-electron chi connectivity index (χ0n) is 12.7. The molecule has 106 valence electrons. The summed E-state index contributed by atoms with van der Waals surface area (Å²) in [6.45, 7) is 6.18. The molecule has 0 fully saturated rings. The number of nitrogens with zero attached hydrogens (tertiary/aromatic N) is 1. The minimum Gasteiger partial charge on any atom is -0.456 e. The Morgan fingerprint density at radius 1 is 1.10 bits per heavy atom. The van der Waals surface area contributed by atoms with Gasteiger partial charge < -0.3 is 4.42 Å². The maximum absolute atomic E-state index is 5.87. The van der Waals surface area contributed by atoms with Gasteiger partial charge in [-0.1, -0.05) is 31.2 Å². The van der Waals surface area contributed by atoms with E-state index in [2.05, 4.69) is 25.1 Å². The monoisotopic (exact) mass is 277 g/mol. The van der Waals surface area contributed by atoms with Crippen LogP contribution in [0, 0.1) is 0 Å². The van der Waals surface area contributed by atoms with Crippen LogP contribution in [-0.2, 0) is 0 Å². The molecule has 0 unspecified atom stereocenters. The van der Waals surface area contributed by atoms with E-state index in [1.165, 1.54) is 0 Å². The van der Waals surface area contributed by atoms with E-state index in [0.717, 1.165) is 45.3 Å². The van der Waals surface area contributed by atoms with Crippen LogP contribution in [0.25, 0.3) is 21.9 Å². The number of allylic oxidation sites excluding steroid dienone is 2. The molecule has 2 aromatic carbocycles. The SMILES string of the molecule is C/C=C(C)\N=C(/CC)c1ccc2oc3ccccc3c2c1. The Bertz CT molecular complexity index is 852. The topological polar surface area (TPSA) is 25.5 Å². The summed E-state index contributed by atoms with van der Waals surface area (Å²) in [5.74, 6) is 0. The fourth-order valence-corrected chi connectivity index (χ4v) is 2.53. The van der Waals surface area contributed by atoms with Gasteiger partial charge in [-0.15, -0.1) is 0 Å². The highest BCUT2D eigenvalue weighted by Crippen LogP contribution is 2.29. The first-order chi connectivity index (χ1) is 10.2. The van der Waals surface area contributed by atoms with Crippen LogP contribution >= 0.6 is 0 Å². The Morgan fingerprint density at radius 3 is 2.62 bits per heavy atom. The molecule has 0 atom stereocenters. The first-order valence-corrected chi connectivity index (χ1v) is 7.35. The molecule has 0 radical (unpaired) electrons. The molecule has 1 heterocycles. The average Bonchev–Trinajstić information content (AvgIpc) is 2.90. The lowest BCUT2D eigenvalue weighted by Gasteiger charge is -2.04. The van der Waals surface area contributed by atoms with Crippen molar-refractivity contribution >= 4 is 27.7 Å². The summed E-state index contributed by atoms with van der Waals surface area (Å²) < 4.78 is 5.87. The molecule has 1 aromatic heterocycles.